The summed E-state index contributed by atoms with van der Waals surface area (Å²) in [6, 6.07) is 21.9. The maximum atomic E-state index is 13.9. The third kappa shape index (κ3) is 4.72. The monoisotopic (exact) mass is 367 g/mol. The minimum absolute atomic E-state index is 0.125. The normalized spacial score (nSPS) is 13.0. The molecule has 1 atom stereocenters. The predicted molar refractivity (Wildman–Crippen MR) is 109 cm³/mol. The van der Waals surface area contributed by atoms with E-state index in [2.05, 4.69) is 54.7 Å². The largest absolute Gasteiger partial charge is 0.310 e. The summed E-state index contributed by atoms with van der Waals surface area (Å²) in [7, 11) is 0. The lowest BCUT2D eigenvalue weighted by Gasteiger charge is -2.17. The summed E-state index contributed by atoms with van der Waals surface area (Å²) in [5.74, 6) is -2.74. The summed E-state index contributed by atoms with van der Waals surface area (Å²) in [6.45, 7) is 4.54. The molecule has 0 fully saturated rings. The van der Waals surface area contributed by atoms with Gasteiger partial charge in [-0.2, -0.15) is 0 Å². The molecule has 1 N–H and O–H groups in total. The zero-order valence-electron chi connectivity index (χ0n) is 16.0. The van der Waals surface area contributed by atoms with Gasteiger partial charge in [0.1, 0.15) is 0 Å². The van der Waals surface area contributed by atoms with Gasteiger partial charge in [0.15, 0.2) is 0 Å². The summed E-state index contributed by atoms with van der Waals surface area (Å²) in [5.41, 5.74) is 2.39. The van der Waals surface area contributed by atoms with Crippen molar-refractivity contribution in [2.24, 2.45) is 0 Å². The highest BCUT2D eigenvalue weighted by atomic mass is 19.3. The first-order valence-electron chi connectivity index (χ1n) is 9.69. The molecule has 0 radical (unpaired) electrons. The molecule has 0 aliphatic heterocycles. The fraction of sp³-hybridized carbons (Fsp3) is 0.333. The van der Waals surface area contributed by atoms with Gasteiger partial charge in [-0.15, -0.1) is 0 Å². The number of fused-ring (bicyclic) bond motifs is 1. The molecule has 0 bridgehead atoms. The molecule has 142 valence electrons. The molecular weight excluding hydrogens is 340 g/mol. The lowest BCUT2D eigenvalue weighted by molar-refractivity contribution is -0.00835. The predicted octanol–water partition coefficient (Wildman–Crippen LogP) is 6.63. The van der Waals surface area contributed by atoms with Crippen LogP contribution in [-0.4, -0.2) is 6.54 Å². The first kappa shape index (κ1) is 19.5. The molecule has 0 amide bonds. The van der Waals surface area contributed by atoms with Crippen molar-refractivity contribution in [3.05, 3.63) is 83.4 Å². The molecule has 3 heteroatoms. The van der Waals surface area contributed by atoms with E-state index in [9.17, 15) is 8.78 Å². The first-order valence-corrected chi connectivity index (χ1v) is 9.69. The molecule has 3 aromatic rings. The Kier molecular flexibility index (Phi) is 6.22. The Morgan fingerprint density at radius 1 is 0.963 bits per heavy atom. The van der Waals surface area contributed by atoms with Gasteiger partial charge in [0.2, 0.25) is 0 Å². The lowest BCUT2D eigenvalue weighted by atomic mass is 9.99. The van der Waals surface area contributed by atoms with Crippen molar-refractivity contribution in [3.63, 3.8) is 0 Å². The maximum absolute atomic E-state index is 13.9. The van der Waals surface area contributed by atoms with E-state index in [-0.39, 0.29) is 18.0 Å². The Hall–Kier alpha value is -2.26. The SMILES string of the molecule is CCC(F)(F)c1cccc(CCCN[C@H](C)c2cccc3ccccc23)c1. The minimum Gasteiger partial charge on any atom is -0.310 e. The smallest absolute Gasteiger partial charge is 0.273 e. The van der Waals surface area contributed by atoms with Crippen molar-refractivity contribution in [3.8, 4) is 0 Å². The van der Waals surface area contributed by atoms with Gasteiger partial charge >= 0.3 is 0 Å². The molecule has 0 heterocycles. The van der Waals surface area contributed by atoms with Crippen molar-refractivity contribution in [2.45, 2.75) is 45.1 Å². The summed E-state index contributed by atoms with van der Waals surface area (Å²) in [5, 5.41) is 6.09. The van der Waals surface area contributed by atoms with Crippen LogP contribution < -0.4 is 5.32 Å². The van der Waals surface area contributed by atoms with Crippen LogP contribution >= 0.6 is 0 Å². The van der Waals surface area contributed by atoms with Gasteiger partial charge in [0.05, 0.1) is 0 Å². The standard InChI is InChI=1S/C24H27F2N/c1-3-24(25,26)21-13-6-9-19(17-21)10-8-16-27-18(2)22-15-7-12-20-11-4-5-14-23(20)22/h4-7,9,11-15,17-18,27H,3,8,10,16H2,1-2H3/t18-/m1/s1. The Morgan fingerprint density at radius 2 is 1.70 bits per heavy atom. The molecule has 0 saturated heterocycles. The fourth-order valence-corrected chi connectivity index (χ4v) is 3.51. The number of rotatable bonds is 8. The second-order valence-electron chi connectivity index (χ2n) is 7.11. The number of hydrogen-bond donors (Lipinski definition) is 1. The van der Waals surface area contributed by atoms with Crippen LogP contribution in [0.4, 0.5) is 8.78 Å². The molecule has 0 aromatic heterocycles. The minimum atomic E-state index is -2.74. The Balaban J connectivity index is 1.57. The van der Waals surface area contributed by atoms with E-state index >= 15 is 0 Å². The highest BCUT2D eigenvalue weighted by Crippen LogP contribution is 2.31. The van der Waals surface area contributed by atoms with Gasteiger partial charge in [-0.05, 0) is 54.3 Å². The quantitative estimate of drug-likeness (QED) is 0.441. The molecule has 0 aliphatic rings. The van der Waals surface area contributed by atoms with Crippen LogP contribution in [0.15, 0.2) is 66.7 Å². The number of alkyl halides is 2. The van der Waals surface area contributed by atoms with Crippen molar-refractivity contribution in [1.82, 2.24) is 5.32 Å². The van der Waals surface area contributed by atoms with Gasteiger partial charge in [-0.1, -0.05) is 67.6 Å². The topological polar surface area (TPSA) is 12.0 Å². The number of benzene rings is 3. The van der Waals surface area contributed by atoms with E-state index in [4.69, 9.17) is 0 Å². The van der Waals surface area contributed by atoms with Crippen molar-refractivity contribution >= 4 is 10.8 Å². The maximum Gasteiger partial charge on any atom is 0.273 e. The second kappa shape index (κ2) is 8.62. The molecule has 0 aliphatic carbocycles. The van der Waals surface area contributed by atoms with Gasteiger partial charge < -0.3 is 5.32 Å². The number of halogens is 2. The zero-order valence-corrected chi connectivity index (χ0v) is 16.0. The number of nitrogens with one attached hydrogen (secondary N) is 1. The van der Waals surface area contributed by atoms with E-state index < -0.39 is 5.92 Å². The van der Waals surface area contributed by atoms with E-state index in [0.29, 0.717) is 0 Å². The van der Waals surface area contributed by atoms with E-state index in [1.807, 2.05) is 6.07 Å². The fourth-order valence-electron chi connectivity index (χ4n) is 3.51. The third-order valence-corrected chi connectivity index (χ3v) is 5.18. The number of hydrogen-bond acceptors (Lipinski definition) is 1. The Morgan fingerprint density at radius 3 is 2.52 bits per heavy atom. The summed E-state index contributed by atoms with van der Waals surface area (Å²) >= 11 is 0. The summed E-state index contributed by atoms with van der Waals surface area (Å²) in [6.07, 6.45) is 1.54. The molecule has 27 heavy (non-hydrogen) atoms. The highest BCUT2D eigenvalue weighted by molar-refractivity contribution is 5.86. The highest BCUT2D eigenvalue weighted by Gasteiger charge is 2.28. The first-order chi connectivity index (χ1) is 13.0. The second-order valence-corrected chi connectivity index (χ2v) is 7.11. The van der Waals surface area contributed by atoms with Gasteiger partial charge in [0, 0.05) is 18.0 Å². The Labute approximate surface area is 160 Å². The van der Waals surface area contributed by atoms with Crippen molar-refractivity contribution in [2.75, 3.05) is 6.54 Å². The molecule has 3 rings (SSSR count). The summed E-state index contributed by atoms with van der Waals surface area (Å²) < 4.78 is 27.7. The van der Waals surface area contributed by atoms with Crippen LogP contribution in [0.3, 0.4) is 0 Å². The van der Waals surface area contributed by atoms with E-state index in [0.717, 1.165) is 24.9 Å². The van der Waals surface area contributed by atoms with Crippen LogP contribution in [0.2, 0.25) is 0 Å². The van der Waals surface area contributed by atoms with Crippen LogP contribution in [0.5, 0.6) is 0 Å². The van der Waals surface area contributed by atoms with E-state index in [1.54, 1.807) is 12.1 Å². The average Bonchev–Trinajstić information content (AvgIpc) is 2.71. The van der Waals surface area contributed by atoms with Crippen LogP contribution in [0.1, 0.15) is 49.4 Å². The zero-order chi connectivity index (χ0) is 19.3. The van der Waals surface area contributed by atoms with Gasteiger partial charge in [-0.25, -0.2) is 8.78 Å². The molecule has 3 aromatic carbocycles. The lowest BCUT2D eigenvalue weighted by Crippen LogP contribution is -2.20. The molecular formula is C24H27F2N. The molecule has 0 saturated carbocycles. The van der Waals surface area contributed by atoms with Crippen LogP contribution in [-0.2, 0) is 12.3 Å². The van der Waals surface area contributed by atoms with E-state index in [1.165, 1.54) is 29.3 Å². The summed E-state index contributed by atoms with van der Waals surface area (Å²) in [4.78, 5) is 0. The number of aryl methyl sites for hydroxylation is 1. The molecule has 1 nitrogen and oxygen atoms in total. The third-order valence-electron chi connectivity index (χ3n) is 5.18. The van der Waals surface area contributed by atoms with Crippen LogP contribution in [0, 0.1) is 0 Å². The van der Waals surface area contributed by atoms with Gasteiger partial charge in [-0.3, -0.25) is 0 Å². The molecule has 0 unspecified atom stereocenters. The molecule has 0 spiro atoms. The van der Waals surface area contributed by atoms with Crippen molar-refractivity contribution in [1.29, 1.82) is 0 Å². The van der Waals surface area contributed by atoms with Gasteiger partial charge in [0.25, 0.3) is 5.92 Å². The average molecular weight is 367 g/mol. The van der Waals surface area contributed by atoms with Crippen molar-refractivity contribution < 1.29 is 8.78 Å². The Bertz CT molecular complexity index is 883. The van der Waals surface area contributed by atoms with Crippen LogP contribution in [0.25, 0.3) is 10.8 Å².